The molecule has 6 nitrogen and oxygen atoms in total. The maximum absolute atomic E-state index is 11.7. The van der Waals surface area contributed by atoms with Gasteiger partial charge in [0, 0.05) is 25.2 Å². The van der Waals surface area contributed by atoms with Crippen molar-refractivity contribution in [3.63, 3.8) is 0 Å². The highest BCUT2D eigenvalue weighted by atomic mass is 32.2. The number of carbonyl (C=O) groups excluding carboxylic acids is 1. The number of sulfonamides is 1. The van der Waals surface area contributed by atoms with Crippen LogP contribution in [0.25, 0.3) is 0 Å². The van der Waals surface area contributed by atoms with E-state index >= 15 is 0 Å². The summed E-state index contributed by atoms with van der Waals surface area (Å²) in [7, 11) is -3.12. The lowest BCUT2D eigenvalue weighted by Gasteiger charge is -2.54. The molecule has 0 aromatic carbocycles. The number of hydrogen-bond acceptors (Lipinski definition) is 3. The summed E-state index contributed by atoms with van der Waals surface area (Å²) in [5.41, 5.74) is 5.16. The standard InChI is InChI=1S/C8H15N3O3S/c1-2-15(13,14)11-6-3-7(11)5-10(4-6)8(9)12/h6-7H,2-5H2,1H3,(H2,9,12). The zero-order valence-corrected chi connectivity index (χ0v) is 9.40. The highest BCUT2D eigenvalue weighted by Gasteiger charge is 2.50. The Bertz CT molecular complexity index is 369. The van der Waals surface area contributed by atoms with Crippen LogP contribution in [-0.2, 0) is 10.0 Å². The minimum atomic E-state index is -3.12. The third kappa shape index (κ3) is 1.59. The summed E-state index contributed by atoms with van der Waals surface area (Å²) in [4.78, 5) is 12.4. The molecule has 0 spiro atoms. The van der Waals surface area contributed by atoms with E-state index in [0.29, 0.717) is 13.1 Å². The molecule has 0 aliphatic carbocycles. The van der Waals surface area contributed by atoms with Crippen LogP contribution in [0.3, 0.4) is 0 Å². The molecule has 3 fully saturated rings. The molecule has 0 saturated carbocycles. The molecule has 2 atom stereocenters. The third-order valence-corrected chi connectivity index (χ3v) is 5.09. The van der Waals surface area contributed by atoms with Crippen molar-refractivity contribution in [2.24, 2.45) is 5.73 Å². The van der Waals surface area contributed by atoms with Crippen LogP contribution >= 0.6 is 0 Å². The second-order valence-electron chi connectivity index (χ2n) is 4.02. The minimum Gasteiger partial charge on any atom is -0.351 e. The van der Waals surface area contributed by atoms with Gasteiger partial charge in [-0.15, -0.1) is 0 Å². The van der Waals surface area contributed by atoms with Crippen LogP contribution in [0, 0.1) is 0 Å². The van der Waals surface area contributed by atoms with E-state index in [4.69, 9.17) is 5.73 Å². The molecule has 2 unspecified atom stereocenters. The predicted molar refractivity (Wildman–Crippen MR) is 54.6 cm³/mol. The fourth-order valence-corrected chi connectivity index (χ4v) is 3.87. The van der Waals surface area contributed by atoms with Gasteiger partial charge in [-0.3, -0.25) is 0 Å². The molecular formula is C8H15N3O3S. The van der Waals surface area contributed by atoms with Gasteiger partial charge in [0.1, 0.15) is 0 Å². The SMILES string of the molecule is CCS(=O)(=O)N1C2CC1CN(C(N)=O)C2. The van der Waals surface area contributed by atoms with E-state index in [0.717, 1.165) is 6.42 Å². The van der Waals surface area contributed by atoms with Crippen LogP contribution in [0.15, 0.2) is 0 Å². The number of urea groups is 1. The molecule has 2 N–H and O–H groups in total. The molecule has 0 aromatic rings. The van der Waals surface area contributed by atoms with Gasteiger partial charge in [-0.2, -0.15) is 4.31 Å². The molecule has 0 aromatic heterocycles. The van der Waals surface area contributed by atoms with E-state index in [1.165, 1.54) is 9.21 Å². The number of amides is 2. The maximum Gasteiger partial charge on any atom is 0.314 e. The Labute approximate surface area is 89.1 Å². The lowest BCUT2D eigenvalue weighted by atomic mass is 9.91. The zero-order valence-electron chi connectivity index (χ0n) is 8.59. The average molecular weight is 233 g/mol. The molecule has 2 amide bonds. The zero-order chi connectivity index (χ0) is 11.2. The topological polar surface area (TPSA) is 83.7 Å². The van der Waals surface area contributed by atoms with Gasteiger partial charge in [-0.25, -0.2) is 13.2 Å². The molecule has 2 bridgehead atoms. The fourth-order valence-electron chi connectivity index (χ4n) is 2.36. The van der Waals surface area contributed by atoms with Crippen LogP contribution < -0.4 is 5.73 Å². The maximum atomic E-state index is 11.7. The summed E-state index contributed by atoms with van der Waals surface area (Å²) in [6, 6.07) is -0.569. The van der Waals surface area contributed by atoms with Gasteiger partial charge in [-0.05, 0) is 13.3 Å². The summed E-state index contributed by atoms with van der Waals surface area (Å²) >= 11 is 0. The number of carbonyl (C=O) groups is 1. The number of piperazine rings is 1. The van der Waals surface area contributed by atoms with Crippen molar-refractivity contribution in [1.82, 2.24) is 9.21 Å². The first kappa shape index (κ1) is 10.7. The molecular weight excluding hydrogens is 218 g/mol. The first-order valence-electron chi connectivity index (χ1n) is 5.01. The van der Waals surface area contributed by atoms with Gasteiger partial charge >= 0.3 is 6.03 Å². The smallest absolute Gasteiger partial charge is 0.314 e. The van der Waals surface area contributed by atoms with Crippen LogP contribution in [0.5, 0.6) is 0 Å². The molecule has 3 aliphatic heterocycles. The lowest BCUT2D eigenvalue weighted by Crippen LogP contribution is -2.71. The molecule has 3 aliphatic rings. The van der Waals surface area contributed by atoms with Crippen LogP contribution in [0.4, 0.5) is 4.79 Å². The van der Waals surface area contributed by atoms with Crippen molar-refractivity contribution >= 4 is 16.1 Å². The summed E-state index contributed by atoms with van der Waals surface area (Å²) in [5, 5.41) is 0. The number of rotatable bonds is 2. The Morgan fingerprint density at radius 3 is 2.33 bits per heavy atom. The molecule has 3 saturated heterocycles. The number of nitrogens with zero attached hydrogens (tertiary/aromatic N) is 2. The van der Waals surface area contributed by atoms with Crippen molar-refractivity contribution in [1.29, 1.82) is 0 Å². The number of hydrogen-bond donors (Lipinski definition) is 1. The fraction of sp³-hybridized carbons (Fsp3) is 0.875. The van der Waals surface area contributed by atoms with Crippen molar-refractivity contribution in [2.75, 3.05) is 18.8 Å². The first-order chi connectivity index (χ1) is 6.95. The van der Waals surface area contributed by atoms with Crippen molar-refractivity contribution in [3.05, 3.63) is 0 Å². The Morgan fingerprint density at radius 1 is 1.40 bits per heavy atom. The summed E-state index contributed by atoms with van der Waals surface area (Å²) < 4.78 is 24.9. The number of nitrogens with two attached hydrogens (primary N) is 1. The van der Waals surface area contributed by atoms with E-state index in [1.54, 1.807) is 6.92 Å². The Kier molecular flexibility index (Phi) is 2.38. The van der Waals surface area contributed by atoms with Crippen LogP contribution in [0.1, 0.15) is 13.3 Å². The highest BCUT2D eigenvalue weighted by Crippen LogP contribution is 2.34. The summed E-state index contributed by atoms with van der Waals surface area (Å²) in [6.07, 6.45) is 0.850. The molecule has 3 heterocycles. The Hall–Kier alpha value is -0.820. The van der Waals surface area contributed by atoms with E-state index in [-0.39, 0.29) is 17.8 Å². The van der Waals surface area contributed by atoms with Gasteiger partial charge < -0.3 is 10.6 Å². The number of piperidine rings is 1. The van der Waals surface area contributed by atoms with Gasteiger partial charge in [-0.1, -0.05) is 0 Å². The molecule has 3 rings (SSSR count). The van der Waals surface area contributed by atoms with Crippen molar-refractivity contribution in [2.45, 2.75) is 25.4 Å². The van der Waals surface area contributed by atoms with Crippen LogP contribution in [-0.4, -0.2) is 54.6 Å². The second-order valence-corrected chi connectivity index (χ2v) is 6.18. The van der Waals surface area contributed by atoms with Crippen LogP contribution in [0.2, 0.25) is 0 Å². The molecule has 7 heteroatoms. The highest BCUT2D eigenvalue weighted by molar-refractivity contribution is 7.89. The van der Waals surface area contributed by atoms with Gasteiger partial charge in [0.2, 0.25) is 10.0 Å². The summed E-state index contributed by atoms with van der Waals surface area (Å²) in [6.45, 7) is 2.51. The minimum absolute atomic E-state index is 0.0544. The van der Waals surface area contributed by atoms with E-state index in [9.17, 15) is 13.2 Å². The molecule has 15 heavy (non-hydrogen) atoms. The second kappa shape index (κ2) is 3.34. The predicted octanol–water partition coefficient (Wildman–Crippen LogP) is -0.827. The van der Waals surface area contributed by atoms with E-state index in [1.807, 2.05) is 0 Å². The van der Waals surface area contributed by atoms with Gasteiger partial charge in [0.25, 0.3) is 0 Å². The third-order valence-electron chi connectivity index (χ3n) is 3.12. The quantitative estimate of drug-likeness (QED) is 0.676. The number of fused-ring (bicyclic) bond motifs is 2. The largest absolute Gasteiger partial charge is 0.351 e. The normalized spacial score (nSPS) is 31.1. The molecule has 86 valence electrons. The van der Waals surface area contributed by atoms with Gasteiger partial charge in [0.15, 0.2) is 0 Å². The van der Waals surface area contributed by atoms with E-state index < -0.39 is 16.1 Å². The Morgan fingerprint density at radius 2 is 1.93 bits per heavy atom. The van der Waals surface area contributed by atoms with Crippen molar-refractivity contribution in [3.8, 4) is 0 Å². The number of primary amides is 1. The monoisotopic (exact) mass is 233 g/mol. The van der Waals surface area contributed by atoms with E-state index in [2.05, 4.69) is 0 Å². The van der Waals surface area contributed by atoms with Gasteiger partial charge in [0.05, 0.1) is 5.75 Å². The summed E-state index contributed by atoms with van der Waals surface area (Å²) in [5.74, 6) is 0.122. The Balaban J connectivity index is 2.10. The van der Waals surface area contributed by atoms with Crippen molar-refractivity contribution < 1.29 is 13.2 Å². The lowest BCUT2D eigenvalue weighted by molar-refractivity contribution is 0.0134. The average Bonchev–Trinajstić information content (AvgIpc) is 2.17. The molecule has 0 radical (unpaired) electrons. The first-order valence-corrected chi connectivity index (χ1v) is 6.62.